The molecule has 0 radical (unpaired) electrons. The van der Waals surface area contributed by atoms with Crippen molar-refractivity contribution in [2.45, 2.75) is 20.0 Å². The van der Waals surface area contributed by atoms with Gasteiger partial charge < -0.3 is 9.84 Å². The second-order valence-electron chi connectivity index (χ2n) is 3.53. The van der Waals surface area contributed by atoms with Crippen molar-refractivity contribution in [1.82, 2.24) is 4.98 Å². The predicted molar refractivity (Wildman–Crippen MR) is 60.5 cm³/mol. The number of nitrogens with zero attached hydrogens (tertiary/aromatic N) is 1. The standard InChI is InChI=1S/C10H14N2O3S/c1-7(3-13)2-9(11)10(14)15-4-8-5-16-6-12-8/h5-7,11,13H,2-4H2,1H3. The van der Waals surface area contributed by atoms with E-state index in [-0.39, 0.29) is 31.3 Å². The highest BCUT2D eigenvalue weighted by molar-refractivity contribution is 7.07. The molecule has 1 heterocycles. The van der Waals surface area contributed by atoms with E-state index in [0.717, 1.165) is 0 Å². The largest absolute Gasteiger partial charge is 0.455 e. The molecular formula is C10H14N2O3S. The van der Waals surface area contributed by atoms with E-state index in [1.807, 2.05) is 0 Å². The number of thiazole rings is 1. The molecule has 0 fully saturated rings. The van der Waals surface area contributed by atoms with Gasteiger partial charge in [0.25, 0.3) is 0 Å². The van der Waals surface area contributed by atoms with Gasteiger partial charge in [0.2, 0.25) is 0 Å². The monoisotopic (exact) mass is 242 g/mol. The molecule has 1 atom stereocenters. The third-order valence-corrected chi connectivity index (χ3v) is 2.58. The van der Waals surface area contributed by atoms with Crippen molar-refractivity contribution in [3.63, 3.8) is 0 Å². The molecule has 6 heteroatoms. The van der Waals surface area contributed by atoms with Gasteiger partial charge in [-0.3, -0.25) is 5.41 Å². The Hall–Kier alpha value is -1.27. The number of hydrogen-bond acceptors (Lipinski definition) is 6. The van der Waals surface area contributed by atoms with Crippen LogP contribution in [0.25, 0.3) is 0 Å². The summed E-state index contributed by atoms with van der Waals surface area (Å²) in [5.41, 5.74) is 2.22. The van der Waals surface area contributed by atoms with E-state index in [0.29, 0.717) is 5.69 Å². The van der Waals surface area contributed by atoms with Gasteiger partial charge in [-0.15, -0.1) is 11.3 Å². The molecule has 1 unspecified atom stereocenters. The van der Waals surface area contributed by atoms with Crippen LogP contribution >= 0.6 is 11.3 Å². The highest BCUT2D eigenvalue weighted by Crippen LogP contribution is 2.05. The Balaban J connectivity index is 2.32. The molecule has 0 aliphatic heterocycles. The number of hydrogen-bond donors (Lipinski definition) is 2. The summed E-state index contributed by atoms with van der Waals surface area (Å²) in [5, 5.41) is 18.0. The van der Waals surface area contributed by atoms with Gasteiger partial charge >= 0.3 is 5.97 Å². The Morgan fingerprint density at radius 2 is 2.50 bits per heavy atom. The maximum atomic E-state index is 11.3. The van der Waals surface area contributed by atoms with E-state index in [9.17, 15) is 4.79 Å². The first-order valence-electron chi connectivity index (χ1n) is 4.86. The minimum atomic E-state index is -0.645. The number of carbonyl (C=O) groups is 1. The van der Waals surface area contributed by atoms with Crippen LogP contribution in [0.4, 0.5) is 0 Å². The molecule has 0 bridgehead atoms. The third-order valence-electron chi connectivity index (χ3n) is 1.95. The Morgan fingerprint density at radius 3 is 3.06 bits per heavy atom. The first kappa shape index (κ1) is 12.8. The molecule has 1 aromatic rings. The normalized spacial score (nSPS) is 12.1. The van der Waals surface area contributed by atoms with Crippen molar-refractivity contribution < 1.29 is 14.6 Å². The Kier molecular flexibility index (Phi) is 5.07. The molecule has 0 amide bonds. The number of aliphatic hydroxyl groups excluding tert-OH is 1. The molecule has 1 aromatic heterocycles. The van der Waals surface area contributed by atoms with Gasteiger partial charge in [0.1, 0.15) is 12.3 Å². The molecule has 0 saturated heterocycles. The number of ether oxygens (including phenoxy) is 1. The Labute approximate surface area is 97.6 Å². The van der Waals surface area contributed by atoms with Crippen LogP contribution in [0.3, 0.4) is 0 Å². The fraction of sp³-hybridized carbons (Fsp3) is 0.500. The smallest absolute Gasteiger partial charge is 0.352 e. The lowest BCUT2D eigenvalue weighted by Crippen LogP contribution is -2.20. The second kappa shape index (κ2) is 6.34. The highest BCUT2D eigenvalue weighted by atomic mass is 32.1. The first-order valence-corrected chi connectivity index (χ1v) is 5.80. The lowest BCUT2D eigenvalue weighted by molar-refractivity contribution is -0.137. The maximum Gasteiger partial charge on any atom is 0.352 e. The van der Waals surface area contributed by atoms with Crippen LogP contribution < -0.4 is 0 Å². The average molecular weight is 242 g/mol. The van der Waals surface area contributed by atoms with Crippen LogP contribution in [-0.4, -0.2) is 28.4 Å². The number of carbonyl (C=O) groups excluding carboxylic acids is 1. The van der Waals surface area contributed by atoms with E-state index in [4.69, 9.17) is 15.3 Å². The summed E-state index contributed by atoms with van der Waals surface area (Å²) in [5.74, 6) is -0.743. The zero-order valence-corrected chi connectivity index (χ0v) is 9.79. The summed E-state index contributed by atoms with van der Waals surface area (Å²) in [7, 11) is 0. The number of aromatic nitrogens is 1. The van der Waals surface area contributed by atoms with E-state index in [1.54, 1.807) is 17.8 Å². The van der Waals surface area contributed by atoms with Crippen molar-refractivity contribution in [3.05, 3.63) is 16.6 Å². The summed E-state index contributed by atoms with van der Waals surface area (Å²) in [4.78, 5) is 15.3. The quantitative estimate of drug-likeness (QED) is 0.580. The SMILES string of the molecule is CC(CO)CC(=N)C(=O)OCc1cscn1. The van der Waals surface area contributed by atoms with E-state index >= 15 is 0 Å². The zero-order chi connectivity index (χ0) is 12.0. The van der Waals surface area contributed by atoms with Gasteiger partial charge in [-0.25, -0.2) is 9.78 Å². The Morgan fingerprint density at radius 1 is 1.75 bits per heavy atom. The van der Waals surface area contributed by atoms with Crippen molar-refractivity contribution in [1.29, 1.82) is 5.41 Å². The lowest BCUT2D eigenvalue weighted by Gasteiger charge is -2.08. The fourth-order valence-electron chi connectivity index (χ4n) is 1.03. The highest BCUT2D eigenvalue weighted by Gasteiger charge is 2.14. The number of esters is 1. The van der Waals surface area contributed by atoms with Gasteiger partial charge in [-0.05, 0) is 5.92 Å². The molecule has 0 aromatic carbocycles. The van der Waals surface area contributed by atoms with Gasteiger partial charge in [-0.2, -0.15) is 0 Å². The molecule has 5 nitrogen and oxygen atoms in total. The average Bonchev–Trinajstić information content (AvgIpc) is 2.78. The summed E-state index contributed by atoms with van der Waals surface area (Å²) < 4.78 is 4.89. The summed E-state index contributed by atoms with van der Waals surface area (Å²) in [6.45, 7) is 1.82. The van der Waals surface area contributed by atoms with Crippen molar-refractivity contribution >= 4 is 23.0 Å². The predicted octanol–water partition coefficient (Wildman–Crippen LogP) is 1.22. The molecular weight excluding hydrogens is 228 g/mol. The van der Waals surface area contributed by atoms with Crippen LogP contribution in [0.2, 0.25) is 0 Å². The van der Waals surface area contributed by atoms with E-state index in [1.165, 1.54) is 11.3 Å². The second-order valence-corrected chi connectivity index (χ2v) is 4.25. The van der Waals surface area contributed by atoms with Gasteiger partial charge in [0.15, 0.2) is 0 Å². The fourth-order valence-corrected chi connectivity index (χ4v) is 1.57. The molecule has 1 rings (SSSR count). The molecule has 0 aliphatic rings. The van der Waals surface area contributed by atoms with Crippen molar-refractivity contribution in [3.8, 4) is 0 Å². The molecule has 16 heavy (non-hydrogen) atoms. The maximum absolute atomic E-state index is 11.3. The zero-order valence-electron chi connectivity index (χ0n) is 8.97. The Bertz CT molecular complexity index is 351. The van der Waals surface area contributed by atoms with Crippen molar-refractivity contribution in [2.24, 2.45) is 5.92 Å². The van der Waals surface area contributed by atoms with Crippen LogP contribution in [-0.2, 0) is 16.1 Å². The van der Waals surface area contributed by atoms with Gasteiger partial charge in [-0.1, -0.05) is 6.92 Å². The first-order chi connectivity index (χ1) is 7.63. The van der Waals surface area contributed by atoms with E-state index in [2.05, 4.69) is 4.98 Å². The molecule has 2 N–H and O–H groups in total. The molecule has 0 aliphatic carbocycles. The van der Waals surface area contributed by atoms with Crippen LogP contribution in [0, 0.1) is 11.3 Å². The van der Waals surface area contributed by atoms with Crippen LogP contribution in [0.15, 0.2) is 10.9 Å². The minimum Gasteiger partial charge on any atom is -0.455 e. The van der Waals surface area contributed by atoms with Gasteiger partial charge in [0.05, 0.1) is 11.2 Å². The summed E-state index contributed by atoms with van der Waals surface area (Å²) in [6, 6.07) is 0. The summed E-state index contributed by atoms with van der Waals surface area (Å²) in [6.07, 6.45) is 0.229. The number of aliphatic hydroxyl groups is 1. The van der Waals surface area contributed by atoms with Gasteiger partial charge in [0, 0.05) is 18.4 Å². The third kappa shape index (κ3) is 4.08. The lowest BCUT2D eigenvalue weighted by atomic mass is 10.1. The van der Waals surface area contributed by atoms with Crippen LogP contribution in [0.5, 0.6) is 0 Å². The van der Waals surface area contributed by atoms with Crippen LogP contribution in [0.1, 0.15) is 19.0 Å². The summed E-state index contributed by atoms with van der Waals surface area (Å²) >= 11 is 1.42. The molecule has 0 saturated carbocycles. The minimum absolute atomic E-state index is 0.0399. The number of nitrogens with one attached hydrogen (secondary N) is 1. The topological polar surface area (TPSA) is 83.3 Å². The number of rotatable bonds is 6. The molecule has 0 spiro atoms. The van der Waals surface area contributed by atoms with Crippen molar-refractivity contribution in [2.75, 3.05) is 6.61 Å². The molecule has 88 valence electrons. The van der Waals surface area contributed by atoms with E-state index < -0.39 is 5.97 Å².